The number of guanidine groups is 1. The maximum Gasteiger partial charge on any atom is 0.193 e. The van der Waals surface area contributed by atoms with Crippen LogP contribution in [0.3, 0.4) is 0 Å². The van der Waals surface area contributed by atoms with Crippen molar-refractivity contribution in [2.75, 3.05) is 73.2 Å². The van der Waals surface area contributed by atoms with Crippen LogP contribution in [-0.2, 0) is 14.2 Å². The number of rotatable bonds is 10. The van der Waals surface area contributed by atoms with Crippen molar-refractivity contribution in [2.24, 2.45) is 4.99 Å². The van der Waals surface area contributed by atoms with Crippen molar-refractivity contribution >= 4 is 29.9 Å². The Morgan fingerprint density at radius 1 is 1.21 bits per heavy atom. The molecule has 2 fully saturated rings. The fraction of sp³-hybridized carbons (Fsp3) is 0.950. The molecule has 8 heteroatoms. The van der Waals surface area contributed by atoms with Gasteiger partial charge in [0.25, 0.3) is 0 Å². The molecule has 2 rings (SSSR count). The average Bonchev–Trinajstić information content (AvgIpc) is 2.71. The molecule has 28 heavy (non-hydrogen) atoms. The Morgan fingerprint density at radius 2 is 2.00 bits per heavy atom. The number of aliphatic imine (C=N–C) groups is 1. The smallest absolute Gasteiger partial charge is 0.193 e. The van der Waals surface area contributed by atoms with Gasteiger partial charge < -0.3 is 29.3 Å². The molecular weight excluding hydrogens is 471 g/mol. The summed E-state index contributed by atoms with van der Waals surface area (Å²) in [7, 11) is 3.85. The molecule has 0 bridgehead atoms. The lowest BCUT2D eigenvalue weighted by Gasteiger charge is -2.35. The summed E-state index contributed by atoms with van der Waals surface area (Å²) in [6, 6.07) is 0. The number of halogens is 1. The molecule has 166 valence electrons. The zero-order chi connectivity index (χ0) is 19.3. The predicted octanol–water partition coefficient (Wildman–Crippen LogP) is 2.20. The molecule has 2 aliphatic heterocycles. The Bertz CT molecular complexity index is 414. The third-order valence-electron chi connectivity index (χ3n) is 5.29. The summed E-state index contributed by atoms with van der Waals surface area (Å²) < 4.78 is 17.0. The summed E-state index contributed by atoms with van der Waals surface area (Å²) in [5, 5.41) is 3.44. The van der Waals surface area contributed by atoms with Gasteiger partial charge in [-0.15, -0.1) is 24.0 Å². The van der Waals surface area contributed by atoms with Gasteiger partial charge in [-0.3, -0.25) is 4.99 Å². The molecule has 0 amide bonds. The van der Waals surface area contributed by atoms with Crippen LogP contribution in [0.25, 0.3) is 0 Å². The number of hydrogen-bond acceptors (Lipinski definition) is 5. The van der Waals surface area contributed by atoms with Gasteiger partial charge in [0.2, 0.25) is 0 Å². The zero-order valence-corrected chi connectivity index (χ0v) is 20.4. The lowest BCUT2D eigenvalue weighted by atomic mass is 10.1. The molecule has 1 unspecified atom stereocenters. The first-order valence-corrected chi connectivity index (χ1v) is 10.7. The molecular formula is C20H41IN4O3. The number of nitrogens with one attached hydrogen (secondary N) is 1. The van der Waals surface area contributed by atoms with Crippen molar-refractivity contribution in [2.45, 2.75) is 51.2 Å². The van der Waals surface area contributed by atoms with Gasteiger partial charge in [0.05, 0.1) is 32.0 Å². The fourth-order valence-corrected chi connectivity index (χ4v) is 3.53. The van der Waals surface area contributed by atoms with Gasteiger partial charge in [0.15, 0.2) is 5.96 Å². The van der Waals surface area contributed by atoms with E-state index >= 15 is 0 Å². The van der Waals surface area contributed by atoms with E-state index in [4.69, 9.17) is 19.2 Å². The number of ether oxygens (including phenoxy) is 3. The molecule has 2 saturated heterocycles. The van der Waals surface area contributed by atoms with E-state index in [-0.39, 0.29) is 24.0 Å². The van der Waals surface area contributed by atoms with Crippen LogP contribution in [-0.4, -0.2) is 101 Å². The van der Waals surface area contributed by atoms with E-state index in [1.54, 1.807) is 7.11 Å². The largest absolute Gasteiger partial charge is 0.383 e. The number of methoxy groups -OCH3 is 1. The van der Waals surface area contributed by atoms with Gasteiger partial charge in [-0.05, 0) is 46.1 Å². The third-order valence-corrected chi connectivity index (χ3v) is 5.29. The number of likely N-dealkylation sites (tertiary alicyclic amines) is 1. The minimum absolute atomic E-state index is 0. The van der Waals surface area contributed by atoms with Crippen LogP contribution in [0.4, 0.5) is 0 Å². The minimum Gasteiger partial charge on any atom is -0.383 e. The molecule has 0 aromatic heterocycles. The van der Waals surface area contributed by atoms with E-state index in [1.165, 1.54) is 12.8 Å². The Hall–Kier alpha value is -0.160. The van der Waals surface area contributed by atoms with Crippen LogP contribution >= 0.6 is 24.0 Å². The summed E-state index contributed by atoms with van der Waals surface area (Å²) >= 11 is 0. The van der Waals surface area contributed by atoms with E-state index in [0.717, 1.165) is 84.3 Å². The number of hydrogen-bond donors (Lipinski definition) is 1. The van der Waals surface area contributed by atoms with Crippen molar-refractivity contribution in [1.82, 2.24) is 15.1 Å². The molecule has 2 heterocycles. The highest BCUT2D eigenvalue weighted by atomic mass is 127. The lowest BCUT2D eigenvalue weighted by molar-refractivity contribution is -0.0721. The SMILES string of the molecule is CCNC(=NCCN(C)CCOC)N1CCC(OCC2CCCCO2)CC1.I. The summed E-state index contributed by atoms with van der Waals surface area (Å²) in [5.41, 5.74) is 0. The van der Waals surface area contributed by atoms with Gasteiger partial charge in [-0.25, -0.2) is 0 Å². The highest BCUT2D eigenvalue weighted by molar-refractivity contribution is 14.0. The van der Waals surface area contributed by atoms with E-state index in [9.17, 15) is 0 Å². The molecule has 0 radical (unpaired) electrons. The van der Waals surface area contributed by atoms with Crippen LogP contribution in [0, 0.1) is 0 Å². The van der Waals surface area contributed by atoms with Gasteiger partial charge >= 0.3 is 0 Å². The summed E-state index contributed by atoms with van der Waals surface area (Å²) in [4.78, 5) is 9.44. The Kier molecular flexibility index (Phi) is 14.5. The summed E-state index contributed by atoms with van der Waals surface area (Å²) in [6.45, 7) is 10.1. The van der Waals surface area contributed by atoms with E-state index in [2.05, 4.69) is 29.1 Å². The van der Waals surface area contributed by atoms with Crippen LogP contribution in [0.5, 0.6) is 0 Å². The highest BCUT2D eigenvalue weighted by Crippen LogP contribution is 2.18. The summed E-state index contributed by atoms with van der Waals surface area (Å²) in [5.74, 6) is 1.03. The van der Waals surface area contributed by atoms with Gasteiger partial charge in [0.1, 0.15) is 0 Å². The average molecular weight is 512 g/mol. The molecule has 2 aliphatic rings. The minimum atomic E-state index is 0. The molecule has 1 N–H and O–H groups in total. The molecule has 0 saturated carbocycles. The van der Waals surface area contributed by atoms with E-state index in [1.807, 2.05) is 0 Å². The van der Waals surface area contributed by atoms with Gasteiger partial charge in [0, 0.05) is 46.4 Å². The quantitative estimate of drug-likeness (QED) is 0.275. The number of nitrogens with zero attached hydrogens (tertiary/aromatic N) is 3. The second-order valence-electron chi connectivity index (χ2n) is 7.54. The highest BCUT2D eigenvalue weighted by Gasteiger charge is 2.23. The van der Waals surface area contributed by atoms with Crippen molar-refractivity contribution in [3.8, 4) is 0 Å². The first kappa shape index (κ1) is 25.9. The topological polar surface area (TPSA) is 58.6 Å². The van der Waals surface area contributed by atoms with Gasteiger partial charge in [-0.1, -0.05) is 0 Å². The second kappa shape index (κ2) is 15.6. The maximum atomic E-state index is 6.13. The van der Waals surface area contributed by atoms with Crippen LogP contribution in [0.1, 0.15) is 39.0 Å². The van der Waals surface area contributed by atoms with Crippen molar-refractivity contribution in [3.63, 3.8) is 0 Å². The molecule has 0 aromatic rings. The Balaban J connectivity index is 0.00000392. The molecule has 0 spiro atoms. The van der Waals surface area contributed by atoms with Crippen LogP contribution < -0.4 is 5.32 Å². The normalized spacial score (nSPS) is 21.6. The second-order valence-corrected chi connectivity index (χ2v) is 7.54. The third kappa shape index (κ3) is 10.0. The van der Waals surface area contributed by atoms with Crippen molar-refractivity contribution in [1.29, 1.82) is 0 Å². The molecule has 0 aromatic carbocycles. The van der Waals surface area contributed by atoms with Crippen molar-refractivity contribution < 1.29 is 14.2 Å². The standard InChI is InChI=1S/C20H40N4O3.HI/c1-4-21-20(22-10-13-23(2)14-16-25-3)24-11-8-18(9-12-24)27-17-19-7-5-6-15-26-19;/h18-19H,4-17H2,1-3H3,(H,21,22);1H. The van der Waals surface area contributed by atoms with E-state index in [0.29, 0.717) is 12.2 Å². The van der Waals surface area contributed by atoms with E-state index < -0.39 is 0 Å². The van der Waals surface area contributed by atoms with Crippen LogP contribution in [0.15, 0.2) is 4.99 Å². The lowest BCUT2D eigenvalue weighted by Crippen LogP contribution is -2.47. The monoisotopic (exact) mass is 512 g/mol. The molecule has 0 aliphatic carbocycles. The first-order valence-electron chi connectivity index (χ1n) is 10.7. The maximum absolute atomic E-state index is 6.13. The Morgan fingerprint density at radius 3 is 2.64 bits per heavy atom. The zero-order valence-electron chi connectivity index (χ0n) is 18.0. The fourth-order valence-electron chi connectivity index (χ4n) is 3.53. The number of piperidine rings is 1. The predicted molar refractivity (Wildman–Crippen MR) is 125 cm³/mol. The molecule has 1 atom stereocenters. The Labute approximate surface area is 188 Å². The summed E-state index contributed by atoms with van der Waals surface area (Å²) in [6.07, 6.45) is 6.41. The number of likely N-dealkylation sites (N-methyl/N-ethyl adjacent to an activating group) is 1. The molecule has 7 nitrogen and oxygen atoms in total. The van der Waals surface area contributed by atoms with Crippen molar-refractivity contribution in [3.05, 3.63) is 0 Å². The first-order chi connectivity index (χ1) is 13.2. The van der Waals surface area contributed by atoms with Crippen LogP contribution in [0.2, 0.25) is 0 Å². The van der Waals surface area contributed by atoms with Gasteiger partial charge in [-0.2, -0.15) is 0 Å².